The average molecular weight is 270 g/mol. The molecular weight excluding hydrogens is 236 g/mol. The Labute approximate surface area is 120 Å². The van der Waals surface area contributed by atoms with Crippen LogP contribution in [0, 0.1) is 5.92 Å². The maximum absolute atomic E-state index is 5.80. The molecule has 1 N–H and O–H groups in total. The molecule has 0 aromatic rings. The highest BCUT2D eigenvalue weighted by Crippen LogP contribution is 2.17. The molecule has 1 saturated heterocycles. The highest BCUT2D eigenvalue weighted by molar-refractivity contribution is 4.78. The molecule has 114 valence electrons. The predicted octanol–water partition coefficient (Wildman–Crippen LogP) is 2.90. The summed E-state index contributed by atoms with van der Waals surface area (Å²) in [5.74, 6) is 0.846. The molecule has 0 spiro atoms. The third-order valence-corrected chi connectivity index (χ3v) is 3.57. The van der Waals surface area contributed by atoms with Crippen LogP contribution >= 0.6 is 0 Å². The smallest absolute Gasteiger partial charge is 0.0600 e. The van der Waals surface area contributed by atoms with Crippen LogP contribution in [0.25, 0.3) is 0 Å². The standard InChI is InChI=1S/C16H34N2O/c1-15(2,3)17-13-14-7-9-18(10-8-14)11-12-19-16(4,5)6/h14,17H,7-13H2,1-6H3. The first kappa shape index (κ1) is 16.9. The van der Waals surface area contributed by atoms with E-state index in [0.29, 0.717) is 0 Å². The second-order valence-corrected chi connectivity index (χ2v) is 7.88. The fraction of sp³-hybridized carbons (Fsp3) is 1.00. The van der Waals surface area contributed by atoms with E-state index in [9.17, 15) is 0 Å². The van der Waals surface area contributed by atoms with E-state index in [2.05, 4.69) is 51.8 Å². The van der Waals surface area contributed by atoms with E-state index in [0.717, 1.165) is 25.6 Å². The van der Waals surface area contributed by atoms with Crippen molar-refractivity contribution in [3.63, 3.8) is 0 Å². The first-order valence-corrected chi connectivity index (χ1v) is 7.77. The van der Waals surface area contributed by atoms with Gasteiger partial charge in [0.1, 0.15) is 0 Å². The van der Waals surface area contributed by atoms with Gasteiger partial charge in [-0.1, -0.05) is 0 Å². The first-order chi connectivity index (χ1) is 8.66. The van der Waals surface area contributed by atoms with Gasteiger partial charge >= 0.3 is 0 Å². The molecule has 1 aliphatic heterocycles. The van der Waals surface area contributed by atoms with Crippen molar-refractivity contribution < 1.29 is 4.74 Å². The van der Waals surface area contributed by atoms with Crippen LogP contribution in [0.1, 0.15) is 54.4 Å². The van der Waals surface area contributed by atoms with E-state index in [1.165, 1.54) is 25.9 Å². The van der Waals surface area contributed by atoms with Gasteiger partial charge in [-0.05, 0) is 79.9 Å². The van der Waals surface area contributed by atoms with Crippen molar-refractivity contribution in [2.45, 2.75) is 65.5 Å². The third kappa shape index (κ3) is 8.61. The summed E-state index contributed by atoms with van der Waals surface area (Å²) in [7, 11) is 0. The Morgan fingerprint density at radius 1 is 1.05 bits per heavy atom. The Hall–Kier alpha value is -0.120. The summed E-state index contributed by atoms with van der Waals surface area (Å²) in [5.41, 5.74) is 0.243. The highest BCUT2D eigenvalue weighted by Gasteiger charge is 2.21. The third-order valence-electron chi connectivity index (χ3n) is 3.57. The van der Waals surface area contributed by atoms with E-state index in [1.54, 1.807) is 0 Å². The molecule has 0 aromatic carbocycles. The van der Waals surface area contributed by atoms with Crippen molar-refractivity contribution in [1.82, 2.24) is 10.2 Å². The first-order valence-electron chi connectivity index (χ1n) is 7.77. The molecule has 1 heterocycles. The summed E-state index contributed by atoms with van der Waals surface area (Å²) < 4.78 is 5.80. The van der Waals surface area contributed by atoms with Crippen LogP contribution < -0.4 is 5.32 Å². The van der Waals surface area contributed by atoms with E-state index >= 15 is 0 Å². The van der Waals surface area contributed by atoms with E-state index in [-0.39, 0.29) is 11.1 Å². The largest absolute Gasteiger partial charge is 0.375 e. The van der Waals surface area contributed by atoms with Crippen molar-refractivity contribution in [2.24, 2.45) is 5.92 Å². The number of hydrogen-bond donors (Lipinski definition) is 1. The van der Waals surface area contributed by atoms with Gasteiger partial charge in [0.15, 0.2) is 0 Å². The minimum Gasteiger partial charge on any atom is -0.375 e. The van der Waals surface area contributed by atoms with Crippen LogP contribution in [-0.2, 0) is 4.74 Å². The van der Waals surface area contributed by atoms with Crippen LogP contribution in [0.5, 0.6) is 0 Å². The average Bonchev–Trinajstić information content (AvgIpc) is 2.25. The fourth-order valence-corrected chi connectivity index (χ4v) is 2.35. The summed E-state index contributed by atoms with van der Waals surface area (Å²) in [6, 6.07) is 0. The SMILES string of the molecule is CC(C)(C)NCC1CCN(CCOC(C)(C)C)CC1. The number of rotatable bonds is 5. The zero-order chi connectivity index (χ0) is 14.5. The number of likely N-dealkylation sites (tertiary alicyclic amines) is 1. The van der Waals surface area contributed by atoms with Crippen molar-refractivity contribution >= 4 is 0 Å². The zero-order valence-electron chi connectivity index (χ0n) is 13.9. The maximum Gasteiger partial charge on any atom is 0.0600 e. The summed E-state index contributed by atoms with van der Waals surface area (Å²) in [6.45, 7) is 18.6. The Balaban J connectivity index is 2.12. The molecule has 3 heteroatoms. The fourth-order valence-electron chi connectivity index (χ4n) is 2.35. The van der Waals surface area contributed by atoms with Gasteiger partial charge in [-0.15, -0.1) is 0 Å². The molecule has 19 heavy (non-hydrogen) atoms. The summed E-state index contributed by atoms with van der Waals surface area (Å²) in [4.78, 5) is 2.54. The van der Waals surface area contributed by atoms with Crippen LogP contribution in [-0.4, -0.2) is 48.8 Å². The molecule has 0 aromatic heterocycles. The van der Waals surface area contributed by atoms with Gasteiger partial charge in [-0.2, -0.15) is 0 Å². The van der Waals surface area contributed by atoms with E-state index in [1.807, 2.05) is 0 Å². The van der Waals surface area contributed by atoms with E-state index in [4.69, 9.17) is 4.74 Å². The Kier molecular flexibility index (Phi) is 6.28. The van der Waals surface area contributed by atoms with Crippen LogP contribution in [0.15, 0.2) is 0 Å². The number of hydrogen-bond acceptors (Lipinski definition) is 3. The Morgan fingerprint density at radius 3 is 2.11 bits per heavy atom. The quantitative estimate of drug-likeness (QED) is 0.831. The van der Waals surface area contributed by atoms with Gasteiger partial charge in [0.05, 0.1) is 12.2 Å². The number of nitrogens with one attached hydrogen (secondary N) is 1. The molecule has 1 fully saturated rings. The van der Waals surface area contributed by atoms with Gasteiger partial charge in [-0.3, -0.25) is 0 Å². The van der Waals surface area contributed by atoms with Gasteiger partial charge < -0.3 is 15.0 Å². The monoisotopic (exact) mass is 270 g/mol. The second-order valence-electron chi connectivity index (χ2n) is 7.88. The molecule has 0 saturated carbocycles. The molecule has 3 nitrogen and oxygen atoms in total. The predicted molar refractivity (Wildman–Crippen MR) is 82.6 cm³/mol. The molecule has 0 aliphatic carbocycles. The minimum absolute atomic E-state index is 0.00501. The second kappa shape index (κ2) is 7.05. The summed E-state index contributed by atoms with van der Waals surface area (Å²) in [6.07, 6.45) is 2.64. The lowest BCUT2D eigenvalue weighted by atomic mass is 9.95. The normalized spacial score (nSPS) is 19.9. The van der Waals surface area contributed by atoms with Crippen molar-refractivity contribution in [3.05, 3.63) is 0 Å². The number of piperidine rings is 1. The van der Waals surface area contributed by atoms with Gasteiger partial charge in [0.2, 0.25) is 0 Å². The van der Waals surface area contributed by atoms with Crippen LogP contribution in [0.4, 0.5) is 0 Å². The van der Waals surface area contributed by atoms with Gasteiger partial charge in [0, 0.05) is 12.1 Å². The maximum atomic E-state index is 5.80. The minimum atomic E-state index is -0.00501. The Morgan fingerprint density at radius 2 is 1.63 bits per heavy atom. The molecule has 0 radical (unpaired) electrons. The van der Waals surface area contributed by atoms with Gasteiger partial charge in [0.25, 0.3) is 0 Å². The molecule has 0 bridgehead atoms. The van der Waals surface area contributed by atoms with Crippen LogP contribution in [0.2, 0.25) is 0 Å². The van der Waals surface area contributed by atoms with Crippen molar-refractivity contribution in [2.75, 3.05) is 32.8 Å². The molecular formula is C16H34N2O. The van der Waals surface area contributed by atoms with Crippen molar-refractivity contribution in [3.8, 4) is 0 Å². The molecule has 0 atom stereocenters. The lowest BCUT2D eigenvalue weighted by molar-refractivity contribution is -0.0162. The zero-order valence-corrected chi connectivity index (χ0v) is 13.9. The molecule has 1 aliphatic rings. The van der Waals surface area contributed by atoms with Crippen molar-refractivity contribution in [1.29, 1.82) is 0 Å². The number of ether oxygens (including phenoxy) is 1. The lowest BCUT2D eigenvalue weighted by Crippen LogP contribution is -2.43. The van der Waals surface area contributed by atoms with Gasteiger partial charge in [-0.25, -0.2) is 0 Å². The lowest BCUT2D eigenvalue weighted by Gasteiger charge is -2.34. The molecule has 0 unspecified atom stereocenters. The summed E-state index contributed by atoms with van der Waals surface area (Å²) in [5, 5.41) is 3.63. The molecule has 1 rings (SSSR count). The number of nitrogens with zero attached hydrogens (tertiary/aromatic N) is 1. The Bertz CT molecular complexity index is 244. The highest BCUT2D eigenvalue weighted by atomic mass is 16.5. The topological polar surface area (TPSA) is 24.5 Å². The molecule has 0 amide bonds. The van der Waals surface area contributed by atoms with E-state index < -0.39 is 0 Å². The van der Waals surface area contributed by atoms with Crippen LogP contribution in [0.3, 0.4) is 0 Å². The summed E-state index contributed by atoms with van der Waals surface area (Å²) >= 11 is 0.